The van der Waals surface area contributed by atoms with Crippen molar-refractivity contribution in [1.82, 2.24) is 0 Å². The van der Waals surface area contributed by atoms with Gasteiger partial charge in [0.1, 0.15) is 5.60 Å². The number of carboxylic acid groups (broad SMARTS) is 1. The summed E-state index contributed by atoms with van der Waals surface area (Å²) in [5, 5.41) is 8.78. The maximum Gasteiger partial charge on any atom is 0.303 e. The van der Waals surface area contributed by atoms with Gasteiger partial charge in [-0.3, -0.25) is 4.79 Å². The van der Waals surface area contributed by atoms with Crippen LogP contribution in [0.3, 0.4) is 0 Å². The van der Waals surface area contributed by atoms with Crippen molar-refractivity contribution in [2.24, 2.45) is 0 Å². The largest absolute Gasteiger partial charge is 0.481 e. The smallest absolute Gasteiger partial charge is 0.303 e. The van der Waals surface area contributed by atoms with Crippen molar-refractivity contribution in [3.8, 4) is 0 Å². The Labute approximate surface area is 114 Å². The van der Waals surface area contributed by atoms with E-state index in [1.807, 2.05) is 31.2 Å². The van der Waals surface area contributed by atoms with Crippen LogP contribution in [0.4, 0.5) is 0 Å². The minimum absolute atomic E-state index is 0.0696. The number of methoxy groups -OCH3 is 1. The van der Waals surface area contributed by atoms with Crippen LogP contribution >= 0.6 is 0 Å². The summed E-state index contributed by atoms with van der Waals surface area (Å²) in [6, 6.07) is 0. The van der Waals surface area contributed by atoms with Gasteiger partial charge in [0.15, 0.2) is 0 Å². The van der Waals surface area contributed by atoms with Crippen LogP contribution in [0.15, 0.2) is 36.5 Å². The number of hydrogen-bond donors (Lipinski definition) is 1. The van der Waals surface area contributed by atoms with Gasteiger partial charge in [-0.05, 0) is 25.0 Å². The van der Waals surface area contributed by atoms with E-state index in [0.29, 0.717) is 19.4 Å². The summed E-state index contributed by atoms with van der Waals surface area (Å²) < 4.78 is 11.1. The molecule has 0 aromatic heterocycles. The lowest BCUT2D eigenvalue weighted by Gasteiger charge is -2.36. The second-order valence-corrected chi connectivity index (χ2v) is 4.76. The van der Waals surface area contributed by atoms with Crippen molar-refractivity contribution < 1.29 is 19.4 Å². The predicted octanol–water partition coefficient (Wildman–Crippen LogP) is 2.71. The first-order valence-electron chi connectivity index (χ1n) is 6.41. The molecule has 0 heterocycles. The van der Waals surface area contributed by atoms with Gasteiger partial charge >= 0.3 is 5.97 Å². The number of carbonyl (C=O) groups is 1. The summed E-state index contributed by atoms with van der Waals surface area (Å²) in [7, 11) is 1.63. The van der Waals surface area contributed by atoms with Crippen molar-refractivity contribution in [1.29, 1.82) is 0 Å². The van der Waals surface area contributed by atoms with Gasteiger partial charge in [-0.25, -0.2) is 0 Å². The molecule has 2 unspecified atom stereocenters. The lowest BCUT2D eigenvalue weighted by Crippen LogP contribution is -2.38. The number of hydrogen-bond acceptors (Lipinski definition) is 3. The molecule has 1 aliphatic carbocycles. The van der Waals surface area contributed by atoms with Gasteiger partial charge in [0.25, 0.3) is 0 Å². The van der Waals surface area contributed by atoms with Crippen molar-refractivity contribution in [3.63, 3.8) is 0 Å². The van der Waals surface area contributed by atoms with Gasteiger partial charge in [0.05, 0.1) is 12.7 Å². The Kier molecular flexibility index (Phi) is 5.99. The molecule has 4 heteroatoms. The molecule has 1 aliphatic rings. The zero-order valence-corrected chi connectivity index (χ0v) is 11.6. The first-order chi connectivity index (χ1) is 9.00. The molecule has 0 amide bonds. The lowest BCUT2D eigenvalue weighted by atomic mass is 9.85. The molecule has 0 aromatic rings. The molecule has 1 N–H and O–H groups in total. The molecule has 19 heavy (non-hydrogen) atoms. The van der Waals surface area contributed by atoms with Crippen LogP contribution in [-0.4, -0.2) is 36.5 Å². The summed E-state index contributed by atoms with van der Waals surface area (Å²) in [6.45, 7) is 6.45. The van der Waals surface area contributed by atoms with Crippen molar-refractivity contribution in [3.05, 3.63) is 36.5 Å². The van der Waals surface area contributed by atoms with Crippen LogP contribution in [0.5, 0.6) is 0 Å². The van der Waals surface area contributed by atoms with E-state index in [0.717, 1.165) is 5.57 Å². The first-order valence-corrected chi connectivity index (χ1v) is 6.41. The molecular weight excluding hydrogens is 244 g/mol. The van der Waals surface area contributed by atoms with E-state index in [1.165, 1.54) is 0 Å². The molecule has 2 atom stereocenters. The molecule has 0 fully saturated rings. The van der Waals surface area contributed by atoms with Gasteiger partial charge in [-0.2, -0.15) is 0 Å². The summed E-state index contributed by atoms with van der Waals surface area (Å²) in [5.41, 5.74) is 0.181. The van der Waals surface area contributed by atoms with Gasteiger partial charge in [-0.1, -0.05) is 24.8 Å². The molecule has 0 aliphatic heterocycles. The SMILES string of the molecule is C=C(CCC(=O)O)C1(OC(C)COC)C=CC=CC1. The highest BCUT2D eigenvalue weighted by Gasteiger charge is 2.33. The Morgan fingerprint density at radius 2 is 2.21 bits per heavy atom. The molecule has 0 saturated heterocycles. The summed E-state index contributed by atoms with van der Waals surface area (Å²) >= 11 is 0. The van der Waals surface area contributed by atoms with E-state index in [2.05, 4.69) is 6.58 Å². The maximum atomic E-state index is 10.7. The highest BCUT2D eigenvalue weighted by atomic mass is 16.5. The molecule has 0 radical (unpaired) electrons. The van der Waals surface area contributed by atoms with E-state index in [1.54, 1.807) is 7.11 Å². The average molecular weight is 266 g/mol. The lowest BCUT2D eigenvalue weighted by molar-refractivity contribution is -0.137. The molecule has 0 bridgehead atoms. The van der Waals surface area contributed by atoms with Crippen LogP contribution in [0.25, 0.3) is 0 Å². The molecule has 4 nitrogen and oxygen atoms in total. The Hall–Kier alpha value is -1.39. The number of allylic oxidation sites excluding steroid dienone is 2. The number of rotatable bonds is 8. The third kappa shape index (κ3) is 4.65. The molecule has 0 saturated carbocycles. The van der Waals surface area contributed by atoms with Crippen molar-refractivity contribution in [2.45, 2.75) is 37.9 Å². The summed E-state index contributed by atoms with van der Waals surface area (Å²) in [6.07, 6.45) is 8.89. The van der Waals surface area contributed by atoms with Crippen LogP contribution in [0.2, 0.25) is 0 Å². The molecule has 0 aromatic carbocycles. The minimum atomic E-state index is -0.823. The quantitative estimate of drug-likeness (QED) is 0.686. The molecule has 106 valence electrons. The van der Waals surface area contributed by atoms with E-state index >= 15 is 0 Å². The zero-order chi connectivity index (χ0) is 14.3. The minimum Gasteiger partial charge on any atom is -0.481 e. The Bertz CT molecular complexity index is 384. The Balaban J connectivity index is 2.75. The standard InChI is InChI=1S/C15H22O4/c1-12(7-8-14(16)17)15(9-5-4-6-10-15)19-13(2)11-18-3/h4-6,9,13H,1,7-8,10-11H2,2-3H3,(H,16,17). The van der Waals surface area contributed by atoms with Crippen molar-refractivity contribution >= 4 is 5.97 Å². The average Bonchev–Trinajstić information content (AvgIpc) is 2.37. The topological polar surface area (TPSA) is 55.8 Å². The molecule has 0 spiro atoms. The van der Waals surface area contributed by atoms with Crippen LogP contribution in [0, 0.1) is 0 Å². The number of carboxylic acids is 1. The van der Waals surface area contributed by atoms with Gasteiger partial charge in [-0.15, -0.1) is 0 Å². The first kappa shape index (κ1) is 15.7. The summed E-state index contributed by atoms with van der Waals surface area (Å²) in [5.74, 6) is -0.823. The highest BCUT2D eigenvalue weighted by Crippen LogP contribution is 2.33. The predicted molar refractivity (Wildman–Crippen MR) is 74.1 cm³/mol. The molecular formula is C15H22O4. The maximum absolute atomic E-state index is 10.7. The number of aliphatic carboxylic acids is 1. The van der Waals surface area contributed by atoms with E-state index in [4.69, 9.17) is 14.6 Å². The third-order valence-corrected chi connectivity index (χ3v) is 3.09. The zero-order valence-electron chi connectivity index (χ0n) is 11.6. The second-order valence-electron chi connectivity index (χ2n) is 4.76. The molecule has 1 rings (SSSR count). The van der Waals surface area contributed by atoms with Gasteiger partial charge in [0, 0.05) is 20.0 Å². The van der Waals surface area contributed by atoms with Crippen LogP contribution < -0.4 is 0 Å². The van der Waals surface area contributed by atoms with Crippen LogP contribution in [0.1, 0.15) is 26.2 Å². The Morgan fingerprint density at radius 1 is 1.47 bits per heavy atom. The summed E-state index contributed by atoms with van der Waals surface area (Å²) in [4.78, 5) is 10.7. The Morgan fingerprint density at radius 3 is 2.74 bits per heavy atom. The highest BCUT2D eigenvalue weighted by molar-refractivity contribution is 5.67. The fourth-order valence-electron chi connectivity index (χ4n) is 2.13. The monoisotopic (exact) mass is 266 g/mol. The fourth-order valence-corrected chi connectivity index (χ4v) is 2.13. The number of ether oxygens (including phenoxy) is 2. The van der Waals surface area contributed by atoms with E-state index < -0.39 is 11.6 Å². The normalized spacial score (nSPS) is 23.3. The van der Waals surface area contributed by atoms with Crippen molar-refractivity contribution in [2.75, 3.05) is 13.7 Å². The fraction of sp³-hybridized carbons (Fsp3) is 0.533. The van der Waals surface area contributed by atoms with E-state index in [-0.39, 0.29) is 12.5 Å². The van der Waals surface area contributed by atoms with Crippen LogP contribution in [-0.2, 0) is 14.3 Å². The van der Waals surface area contributed by atoms with Gasteiger partial charge in [0.2, 0.25) is 0 Å². The second kappa shape index (κ2) is 7.26. The third-order valence-electron chi connectivity index (χ3n) is 3.09. The van der Waals surface area contributed by atoms with E-state index in [9.17, 15) is 4.79 Å². The van der Waals surface area contributed by atoms with Gasteiger partial charge < -0.3 is 14.6 Å².